The van der Waals surface area contributed by atoms with Crippen molar-refractivity contribution in [3.63, 3.8) is 0 Å². The van der Waals surface area contributed by atoms with Crippen molar-refractivity contribution in [1.82, 2.24) is 16.0 Å². The van der Waals surface area contributed by atoms with Crippen LogP contribution in [0.4, 0.5) is 13.2 Å². The van der Waals surface area contributed by atoms with Gasteiger partial charge in [0.2, 0.25) is 5.91 Å². The number of nitrogens with zero attached hydrogens (tertiary/aromatic N) is 1. The molecule has 3 N–H and O–H groups in total. The summed E-state index contributed by atoms with van der Waals surface area (Å²) >= 11 is 0. The fraction of sp³-hybridized carbons (Fsp3) is 0.818. The Morgan fingerprint density at radius 2 is 1.70 bits per heavy atom. The third-order valence-corrected chi connectivity index (χ3v) is 1.86. The van der Waals surface area contributed by atoms with Crippen LogP contribution in [0.25, 0.3) is 0 Å². The number of carbonyl (C=O) groups excluding carboxylic acids is 1. The maximum Gasteiger partial charge on any atom is 0.390 e. The molecule has 0 atom stereocenters. The Balaban J connectivity index is 0. The molecule has 5 nitrogen and oxygen atoms in total. The molecule has 0 aliphatic rings. The monoisotopic (exact) mass is 410 g/mol. The van der Waals surface area contributed by atoms with Crippen LogP contribution in [0.1, 0.15) is 27.2 Å². The lowest BCUT2D eigenvalue weighted by Crippen LogP contribution is -2.48. The molecule has 0 aliphatic heterocycles. The van der Waals surface area contributed by atoms with Crippen molar-refractivity contribution in [1.29, 1.82) is 0 Å². The first kappa shape index (κ1) is 21.6. The molecule has 0 aromatic rings. The quantitative estimate of drug-likeness (QED) is 0.375. The molecule has 9 heteroatoms. The Kier molecular flexibility index (Phi) is 9.96. The molecule has 0 rings (SSSR count). The second-order valence-corrected chi connectivity index (χ2v) is 5.02. The van der Waals surface area contributed by atoms with Crippen molar-refractivity contribution < 1.29 is 18.0 Å². The van der Waals surface area contributed by atoms with Crippen LogP contribution >= 0.6 is 24.0 Å². The minimum atomic E-state index is -4.21. The lowest BCUT2D eigenvalue weighted by Gasteiger charge is -2.21. The van der Waals surface area contributed by atoms with Crippen LogP contribution in [-0.2, 0) is 4.79 Å². The molecule has 0 heterocycles. The summed E-state index contributed by atoms with van der Waals surface area (Å²) in [7, 11) is 1.42. The van der Waals surface area contributed by atoms with Gasteiger partial charge in [-0.05, 0) is 20.8 Å². The van der Waals surface area contributed by atoms with Crippen molar-refractivity contribution >= 4 is 35.8 Å². The van der Waals surface area contributed by atoms with Crippen LogP contribution in [0, 0.1) is 0 Å². The van der Waals surface area contributed by atoms with Crippen molar-refractivity contribution in [2.75, 3.05) is 20.1 Å². The summed E-state index contributed by atoms with van der Waals surface area (Å²) in [5.74, 6) is -0.0976. The molecule has 0 unspecified atom stereocenters. The third-order valence-electron chi connectivity index (χ3n) is 1.86. The highest BCUT2D eigenvalue weighted by molar-refractivity contribution is 14.0. The number of halogens is 4. The second-order valence-electron chi connectivity index (χ2n) is 5.02. The third kappa shape index (κ3) is 13.7. The van der Waals surface area contributed by atoms with Crippen molar-refractivity contribution in [2.24, 2.45) is 4.99 Å². The molecule has 0 fully saturated rings. The van der Waals surface area contributed by atoms with E-state index in [4.69, 9.17) is 0 Å². The molecular weight excluding hydrogens is 388 g/mol. The number of guanidine groups is 1. The summed E-state index contributed by atoms with van der Waals surface area (Å²) in [6, 6.07) is 0. The molecule has 0 bridgehead atoms. The van der Waals surface area contributed by atoms with Gasteiger partial charge in [-0.1, -0.05) is 0 Å². The first-order valence-electron chi connectivity index (χ1n) is 5.86. The summed E-state index contributed by atoms with van der Waals surface area (Å²) in [6.45, 7) is 5.16. The Morgan fingerprint density at radius 3 is 2.10 bits per heavy atom. The standard InChI is InChI=1S/C11H21F3N4O.HI/c1-10(2,3)18-8(19)7-17-9(15-4)16-6-5-11(12,13)14;/h5-7H2,1-4H3,(H,18,19)(H2,15,16,17);1H. The van der Waals surface area contributed by atoms with E-state index < -0.39 is 12.6 Å². The molecule has 0 aliphatic carbocycles. The normalized spacial score (nSPS) is 12.4. The topological polar surface area (TPSA) is 65.5 Å². The van der Waals surface area contributed by atoms with Gasteiger partial charge in [-0.15, -0.1) is 24.0 Å². The molecule has 1 amide bonds. The van der Waals surface area contributed by atoms with Crippen molar-refractivity contribution in [2.45, 2.75) is 38.9 Å². The molecule has 20 heavy (non-hydrogen) atoms. The number of carbonyl (C=O) groups is 1. The summed E-state index contributed by atoms with van der Waals surface area (Å²) in [5, 5.41) is 7.84. The van der Waals surface area contributed by atoms with Crippen LogP contribution in [0.15, 0.2) is 4.99 Å². The van der Waals surface area contributed by atoms with Gasteiger partial charge in [0.05, 0.1) is 13.0 Å². The Labute approximate surface area is 134 Å². The average Bonchev–Trinajstić information content (AvgIpc) is 2.18. The van der Waals surface area contributed by atoms with E-state index in [1.165, 1.54) is 7.05 Å². The number of rotatable bonds is 4. The zero-order valence-corrected chi connectivity index (χ0v) is 14.3. The maximum atomic E-state index is 11.9. The highest BCUT2D eigenvalue weighted by Crippen LogP contribution is 2.17. The lowest BCUT2D eigenvalue weighted by molar-refractivity contribution is -0.133. The largest absolute Gasteiger partial charge is 0.390 e. The number of hydrogen-bond acceptors (Lipinski definition) is 2. The Hall–Kier alpha value is -0.740. The molecule has 0 radical (unpaired) electrons. The molecule has 0 saturated carbocycles. The van der Waals surface area contributed by atoms with E-state index in [9.17, 15) is 18.0 Å². The van der Waals surface area contributed by atoms with Gasteiger partial charge >= 0.3 is 6.18 Å². The highest BCUT2D eigenvalue weighted by atomic mass is 127. The van der Waals surface area contributed by atoms with Crippen molar-refractivity contribution in [3.05, 3.63) is 0 Å². The Bertz CT molecular complexity index is 327. The van der Waals surface area contributed by atoms with Crippen molar-refractivity contribution in [3.8, 4) is 0 Å². The molecule has 0 aromatic carbocycles. The number of nitrogens with one attached hydrogen (secondary N) is 3. The van der Waals surface area contributed by atoms with Crippen LogP contribution in [0.3, 0.4) is 0 Å². The predicted molar refractivity (Wildman–Crippen MR) is 83.3 cm³/mol. The summed E-state index contributed by atoms with van der Waals surface area (Å²) in [5.41, 5.74) is -0.355. The zero-order valence-electron chi connectivity index (χ0n) is 12.0. The molecule has 120 valence electrons. The smallest absolute Gasteiger partial charge is 0.356 e. The van der Waals surface area contributed by atoms with Gasteiger partial charge in [-0.25, -0.2) is 0 Å². The van der Waals surface area contributed by atoms with E-state index >= 15 is 0 Å². The average molecular weight is 410 g/mol. The van der Waals surface area contributed by atoms with E-state index in [2.05, 4.69) is 20.9 Å². The molecule has 0 saturated heterocycles. The lowest BCUT2D eigenvalue weighted by atomic mass is 10.1. The van der Waals surface area contributed by atoms with Gasteiger partial charge in [-0.3, -0.25) is 9.79 Å². The Morgan fingerprint density at radius 1 is 1.15 bits per heavy atom. The van der Waals surface area contributed by atoms with E-state index in [0.29, 0.717) is 0 Å². The van der Waals surface area contributed by atoms with Gasteiger partial charge in [0.1, 0.15) is 0 Å². The van der Waals surface area contributed by atoms with Crippen LogP contribution in [0.5, 0.6) is 0 Å². The van der Waals surface area contributed by atoms with Gasteiger partial charge in [0, 0.05) is 19.1 Å². The minimum absolute atomic E-state index is 0. The van der Waals surface area contributed by atoms with Gasteiger partial charge in [0.25, 0.3) is 0 Å². The van der Waals surface area contributed by atoms with Gasteiger partial charge in [0.15, 0.2) is 5.96 Å². The van der Waals surface area contributed by atoms with E-state index in [1.54, 1.807) is 0 Å². The first-order chi connectivity index (χ1) is 8.53. The maximum absolute atomic E-state index is 11.9. The fourth-order valence-electron chi connectivity index (χ4n) is 1.17. The predicted octanol–water partition coefficient (Wildman–Crippen LogP) is 1.64. The summed E-state index contributed by atoms with van der Waals surface area (Å²) < 4.78 is 35.8. The van der Waals surface area contributed by atoms with Crippen LogP contribution < -0.4 is 16.0 Å². The zero-order chi connectivity index (χ0) is 15.1. The molecular formula is C11H22F3IN4O. The number of hydrogen-bond donors (Lipinski definition) is 3. The second kappa shape index (κ2) is 9.24. The summed E-state index contributed by atoms with van der Waals surface area (Å²) in [6.07, 6.45) is -5.17. The highest BCUT2D eigenvalue weighted by Gasteiger charge is 2.26. The first-order valence-corrected chi connectivity index (χ1v) is 5.86. The van der Waals surface area contributed by atoms with Gasteiger partial charge < -0.3 is 16.0 Å². The van der Waals surface area contributed by atoms with Gasteiger partial charge in [-0.2, -0.15) is 13.2 Å². The van der Waals surface area contributed by atoms with Crippen LogP contribution in [0.2, 0.25) is 0 Å². The summed E-state index contributed by atoms with van der Waals surface area (Å²) in [4.78, 5) is 15.2. The molecule has 0 aromatic heterocycles. The van der Waals surface area contributed by atoms with E-state index in [1.807, 2.05) is 20.8 Å². The SMILES string of the molecule is CN=C(NCCC(F)(F)F)NCC(=O)NC(C)(C)C.I. The fourth-order valence-corrected chi connectivity index (χ4v) is 1.17. The van der Waals surface area contributed by atoms with E-state index in [0.717, 1.165) is 0 Å². The minimum Gasteiger partial charge on any atom is -0.356 e. The van der Waals surface area contributed by atoms with E-state index in [-0.39, 0.29) is 54.5 Å². The van der Waals surface area contributed by atoms with Crippen LogP contribution in [-0.4, -0.2) is 43.7 Å². The number of alkyl halides is 3. The number of aliphatic imine (C=N–C) groups is 1. The molecule has 0 spiro atoms. The number of amides is 1.